The summed E-state index contributed by atoms with van der Waals surface area (Å²) in [6.07, 6.45) is 1.76. The Morgan fingerprint density at radius 1 is 1.73 bits per heavy atom. The topological polar surface area (TPSA) is 55.5 Å². The van der Waals surface area contributed by atoms with Crippen molar-refractivity contribution < 1.29 is 9.84 Å². The maximum atomic E-state index is 8.83. The molecule has 2 atom stereocenters. The number of hydrogen-bond acceptors (Lipinski definition) is 3. The van der Waals surface area contributed by atoms with Crippen molar-refractivity contribution in [1.29, 1.82) is 0 Å². The molecule has 1 heterocycles. The lowest BCUT2D eigenvalue weighted by molar-refractivity contribution is 0.110. The van der Waals surface area contributed by atoms with Crippen LogP contribution in [0.25, 0.3) is 0 Å². The summed E-state index contributed by atoms with van der Waals surface area (Å²) >= 11 is 0. The Balaban J connectivity index is 2.55. The summed E-state index contributed by atoms with van der Waals surface area (Å²) in [5.41, 5.74) is 5.88. The van der Waals surface area contributed by atoms with Crippen LogP contribution in [0.4, 0.5) is 0 Å². The van der Waals surface area contributed by atoms with Gasteiger partial charge in [-0.2, -0.15) is 0 Å². The molecule has 1 aliphatic rings. The van der Waals surface area contributed by atoms with E-state index in [9.17, 15) is 0 Å². The molecule has 66 valence electrons. The van der Waals surface area contributed by atoms with Gasteiger partial charge in [-0.1, -0.05) is 0 Å². The van der Waals surface area contributed by atoms with Crippen molar-refractivity contribution in [3.05, 3.63) is 0 Å². The van der Waals surface area contributed by atoms with Crippen molar-refractivity contribution in [2.24, 2.45) is 11.1 Å². The van der Waals surface area contributed by atoms with E-state index < -0.39 is 0 Å². The van der Waals surface area contributed by atoms with E-state index in [1.165, 1.54) is 0 Å². The standard InChI is InChI=1S/C8H17NO2/c1-7(9)8(2-4-10)3-5-11-6-8/h7,10H,2-6,9H2,1H3. The lowest BCUT2D eigenvalue weighted by atomic mass is 9.78. The number of aliphatic hydroxyl groups excluding tert-OH is 1. The molecule has 3 N–H and O–H groups in total. The predicted molar refractivity (Wildman–Crippen MR) is 43.2 cm³/mol. The lowest BCUT2D eigenvalue weighted by Crippen LogP contribution is -2.40. The highest BCUT2D eigenvalue weighted by atomic mass is 16.5. The summed E-state index contributed by atoms with van der Waals surface area (Å²) in [6, 6.07) is 0.122. The van der Waals surface area contributed by atoms with Crippen LogP contribution in [0.1, 0.15) is 19.8 Å². The fourth-order valence-corrected chi connectivity index (χ4v) is 1.63. The molecular weight excluding hydrogens is 142 g/mol. The molecule has 1 saturated heterocycles. The van der Waals surface area contributed by atoms with E-state index in [4.69, 9.17) is 15.6 Å². The fraction of sp³-hybridized carbons (Fsp3) is 1.00. The van der Waals surface area contributed by atoms with Crippen LogP contribution in [0.2, 0.25) is 0 Å². The molecule has 0 aromatic rings. The van der Waals surface area contributed by atoms with E-state index in [-0.39, 0.29) is 18.1 Å². The SMILES string of the molecule is CC(N)C1(CCO)CCOC1. The summed E-state index contributed by atoms with van der Waals surface area (Å²) < 4.78 is 5.28. The van der Waals surface area contributed by atoms with E-state index in [2.05, 4.69) is 0 Å². The summed E-state index contributed by atoms with van der Waals surface area (Å²) in [6.45, 7) is 3.71. The van der Waals surface area contributed by atoms with Crippen molar-refractivity contribution >= 4 is 0 Å². The van der Waals surface area contributed by atoms with Crippen LogP contribution >= 0.6 is 0 Å². The zero-order valence-corrected chi connectivity index (χ0v) is 7.05. The largest absolute Gasteiger partial charge is 0.396 e. The van der Waals surface area contributed by atoms with Crippen LogP contribution in [-0.2, 0) is 4.74 Å². The maximum absolute atomic E-state index is 8.83. The summed E-state index contributed by atoms with van der Waals surface area (Å²) in [5, 5.41) is 8.83. The highest BCUT2D eigenvalue weighted by Gasteiger charge is 2.37. The van der Waals surface area contributed by atoms with Gasteiger partial charge >= 0.3 is 0 Å². The van der Waals surface area contributed by atoms with Crippen molar-refractivity contribution in [2.75, 3.05) is 19.8 Å². The minimum Gasteiger partial charge on any atom is -0.396 e. The van der Waals surface area contributed by atoms with Gasteiger partial charge in [-0.25, -0.2) is 0 Å². The molecule has 0 saturated carbocycles. The summed E-state index contributed by atoms with van der Waals surface area (Å²) in [5.74, 6) is 0. The normalized spacial score (nSPS) is 34.1. The second kappa shape index (κ2) is 3.52. The van der Waals surface area contributed by atoms with Gasteiger partial charge in [0.25, 0.3) is 0 Å². The average molecular weight is 159 g/mol. The Morgan fingerprint density at radius 3 is 2.82 bits per heavy atom. The molecule has 1 rings (SSSR count). The van der Waals surface area contributed by atoms with Crippen molar-refractivity contribution in [3.63, 3.8) is 0 Å². The Labute approximate surface area is 67.5 Å². The molecule has 1 aliphatic heterocycles. The van der Waals surface area contributed by atoms with Crippen LogP contribution in [0.15, 0.2) is 0 Å². The average Bonchev–Trinajstić information content (AvgIpc) is 2.38. The van der Waals surface area contributed by atoms with Crippen LogP contribution in [0, 0.1) is 5.41 Å². The number of aliphatic hydroxyl groups is 1. The maximum Gasteiger partial charge on any atom is 0.0538 e. The van der Waals surface area contributed by atoms with E-state index in [0.29, 0.717) is 6.61 Å². The third-order valence-corrected chi connectivity index (χ3v) is 2.71. The van der Waals surface area contributed by atoms with Gasteiger partial charge in [-0.05, 0) is 19.8 Å². The molecule has 0 aromatic heterocycles. The van der Waals surface area contributed by atoms with Gasteiger partial charge in [0.2, 0.25) is 0 Å². The molecule has 0 amide bonds. The molecule has 1 fully saturated rings. The van der Waals surface area contributed by atoms with Crippen molar-refractivity contribution in [1.82, 2.24) is 0 Å². The van der Waals surface area contributed by atoms with Gasteiger partial charge in [0.05, 0.1) is 6.61 Å². The first-order valence-electron chi connectivity index (χ1n) is 4.15. The van der Waals surface area contributed by atoms with Gasteiger partial charge in [0.1, 0.15) is 0 Å². The molecule has 0 spiro atoms. The van der Waals surface area contributed by atoms with Crippen LogP contribution in [0.3, 0.4) is 0 Å². The van der Waals surface area contributed by atoms with Gasteiger partial charge in [-0.3, -0.25) is 0 Å². The number of ether oxygens (including phenoxy) is 1. The summed E-state index contributed by atoms with van der Waals surface area (Å²) in [7, 11) is 0. The van der Waals surface area contributed by atoms with E-state index in [1.807, 2.05) is 6.92 Å². The van der Waals surface area contributed by atoms with Crippen LogP contribution < -0.4 is 5.73 Å². The van der Waals surface area contributed by atoms with Gasteiger partial charge in [-0.15, -0.1) is 0 Å². The van der Waals surface area contributed by atoms with E-state index >= 15 is 0 Å². The first-order valence-corrected chi connectivity index (χ1v) is 4.15. The fourth-order valence-electron chi connectivity index (χ4n) is 1.63. The van der Waals surface area contributed by atoms with E-state index in [1.54, 1.807) is 0 Å². The Hall–Kier alpha value is -0.120. The second-order valence-corrected chi connectivity index (χ2v) is 3.43. The molecule has 3 heteroatoms. The highest BCUT2D eigenvalue weighted by molar-refractivity contribution is 4.89. The van der Waals surface area contributed by atoms with Gasteiger partial charge in [0, 0.05) is 24.7 Å². The number of rotatable bonds is 3. The van der Waals surface area contributed by atoms with Crippen LogP contribution in [0.5, 0.6) is 0 Å². The lowest BCUT2D eigenvalue weighted by Gasteiger charge is -2.30. The van der Waals surface area contributed by atoms with Crippen LogP contribution in [-0.4, -0.2) is 31.0 Å². The summed E-state index contributed by atoms with van der Waals surface area (Å²) in [4.78, 5) is 0. The van der Waals surface area contributed by atoms with Crippen molar-refractivity contribution in [2.45, 2.75) is 25.8 Å². The first kappa shape index (κ1) is 8.97. The van der Waals surface area contributed by atoms with Gasteiger partial charge < -0.3 is 15.6 Å². The highest BCUT2D eigenvalue weighted by Crippen LogP contribution is 2.34. The quantitative estimate of drug-likeness (QED) is 0.615. The molecule has 0 aromatic carbocycles. The molecule has 11 heavy (non-hydrogen) atoms. The first-order chi connectivity index (χ1) is 5.21. The molecule has 0 aliphatic carbocycles. The van der Waals surface area contributed by atoms with Crippen molar-refractivity contribution in [3.8, 4) is 0 Å². The molecule has 2 unspecified atom stereocenters. The second-order valence-electron chi connectivity index (χ2n) is 3.43. The Bertz CT molecular complexity index is 119. The zero-order valence-electron chi connectivity index (χ0n) is 7.05. The molecule has 3 nitrogen and oxygen atoms in total. The predicted octanol–water partition coefficient (Wildman–Crippen LogP) is 0.123. The minimum atomic E-state index is 0.0503. The van der Waals surface area contributed by atoms with Gasteiger partial charge in [0.15, 0.2) is 0 Å². The number of nitrogens with two attached hydrogens (primary N) is 1. The third-order valence-electron chi connectivity index (χ3n) is 2.71. The number of hydrogen-bond donors (Lipinski definition) is 2. The Kier molecular flexibility index (Phi) is 2.87. The molecule has 0 radical (unpaired) electrons. The van der Waals surface area contributed by atoms with E-state index in [0.717, 1.165) is 19.4 Å². The minimum absolute atomic E-state index is 0.0503. The molecular formula is C8H17NO2. The third kappa shape index (κ3) is 1.72. The Morgan fingerprint density at radius 2 is 2.45 bits per heavy atom. The molecule has 0 bridgehead atoms. The monoisotopic (exact) mass is 159 g/mol. The zero-order chi connectivity index (χ0) is 8.32. The smallest absolute Gasteiger partial charge is 0.0538 e.